The number of fused-ring (bicyclic) bond motifs is 1. The Hall–Kier alpha value is -2.39. The number of furan rings is 1. The van der Waals surface area contributed by atoms with Gasteiger partial charge >= 0.3 is 5.97 Å². The van der Waals surface area contributed by atoms with Crippen LogP contribution in [0.5, 0.6) is 5.88 Å². The Morgan fingerprint density at radius 1 is 1.37 bits per heavy atom. The number of carbonyl (C=O) groups excluding carboxylic acids is 1. The summed E-state index contributed by atoms with van der Waals surface area (Å²) in [6, 6.07) is 3.61. The summed E-state index contributed by atoms with van der Waals surface area (Å²) in [6.07, 6.45) is 1.42. The molecule has 1 aliphatic rings. The van der Waals surface area contributed by atoms with E-state index >= 15 is 0 Å². The maximum absolute atomic E-state index is 11.8. The van der Waals surface area contributed by atoms with E-state index in [1.54, 1.807) is 6.92 Å². The second kappa shape index (κ2) is 6.97. The predicted octanol–water partition coefficient (Wildman–Crippen LogP) is 2.68. The van der Waals surface area contributed by atoms with Crippen LogP contribution in [0.4, 0.5) is 0 Å². The maximum Gasteiger partial charge on any atom is 0.308 e. The van der Waals surface area contributed by atoms with Crippen molar-refractivity contribution in [1.82, 2.24) is 19.5 Å². The molecule has 0 aromatic carbocycles. The van der Waals surface area contributed by atoms with Crippen LogP contribution in [0, 0.1) is 19.8 Å². The predicted molar refractivity (Wildman–Crippen MR) is 98.9 cm³/mol. The van der Waals surface area contributed by atoms with Crippen LogP contribution in [0.3, 0.4) is 0 Å². The zero-order valence-corrected chi connectivity index (χ0v) is 16.3. The highest BCUT2D eigenvalue weighted by Crippen LogP contribution is 2.41. The molecule has 8 nitrogen and oxygen atoms in total. The third kappa shape index (κ3) is 3.21. The summed E-state index contributed by atoms with van der Waals surface area (Å²) >= 11 is 1.41. The number of carbonyl (C=O) groups is 1. The van der Waals surface area contributed by atoms with E-state index in [0.29, 0.717) is 36.7 Å². The summed E-state index contributed by atoms with van der Waals surface area (Å²) in [4.78, 5) is 19.8. The van der Waals surface area contributed by atoms with Crippen molar-refractivity contribution in [1.29, 1.82) is 0 Å². The Balaban J connectivity index is 1.69. The Morgan fingerprint density at radius 3 is 2.70 bits per heavy atom. The number of rotatable bonds is 4. The fourth-order valence-corrected chi connectivity index (χ4v) is 4.80. The van der Waals surface area contributed by atoms with Gasteiger partial charge in [0.25, 0.3) is 0 Å². The highest BCUT2D eigenvalue weighted by atomic mass is 32.1. The molecule has 3 aromatic heterocycles. The Morgan fingerprint density at radius 2 is 2.11 bits per heavy atom. The van der Waals surface area contributed by atoms with Crippen molar-refractivity contribution in [3.63, 3.8) is 0 Å². The number of thiazole rings is 1. The average molecular weight is 390 g/mol. The minimum absolute atomic E-state index is 0.0798. The van der Waals surface area contributed by atoms with E-state index in [-0.39, 0.29) is 23.8 Å². The van der Waals surface area contributed by atoms with Crippen LogP contribution < -0.4 is 0 Å². The molecule has 0 saturated carbocycles. The smallest absolute Gasteiger partial charge is 0.308 e. The van der Waals surface area contributed by atoms with E-state index in [0.717, 1.165) is 16.4 Å². The van der Waals surface area contributed by atoms with Crippen LogP contribution in [0.25, 0.3) is 4.96 Å². The van der Waals surface area contributed by atoms with Crippen molar-refractivity contribution < 1.29 is 19.1 Å². The van der Waals surface area contributed by atoms with Crippen molar-refractivity contribution in [3.05, 3.63) is 34.4 Å². The van der Waals surface area contributed by atoms with Crippen molar-refractivity contribution in [2.75, 3.05) is 20.2 Å². The third-order valence-electron chi connectivity index (χ3n) is 5.01. The molecule has 1 atom stereocenters. The molecule has 4 rings (SSSR count). The Kier molecular flexibility index (Phi) is 4.65. The maximum atomic E-state index is 11.8. The van der Waals surface area contributed by atoms with Gasteiger partial charge in [0.1, 0.15) is 23.4 Å². The van der Waals surface area contributed by atoms with E-state index < -0.39 is 0 Å². The summed E-state index contributed by atoms with van der Waals surface area (Å²) in [6.45, 7) is 5.10. The van der Waals surface area contributed by atoms with E-state index in [4.69, 9.17) is 9.15 Å². The SMILES string of the molecule is COC(=O)C1CCN([C@@H](c2ccc(C)o2)c2sc3nc(C)nn3c2O)CC1. The number of aromatic hydroxyl groups is 1. The van der Waals surface area contributed by atoms with Crippen LogP contribution in [-0.2, 0) is 9.53 Å². The second-order valence-electron chi connectivity index (χ2n) is 6.83. The number of nitrogens with zero attached hydrogens (tertiary/aromatic N) is 4. The number of ether oxygens (including phenoxy) is 1. The van der Waals surface area contributed by atoms with Gasteiger partial charge in [0.05, 0.1) is 17.9 Å². The number of aromatic nitrogens is 3. The van der Waals surface area contributed by atoms with Crippen LogP contribution >= 0.6 is 11.3 Å². The number of hydrogen-bond donors (Lipinski definition) is 1. The molecular weight excluding hydrogens is 368 g/mol. The Labute approximate surface area is 160 Å². The highest BCUT2D eigenvalue weighted by Gasteiger charge is 2.35. The number of aryl methyl sites for hydroxylation is 2. The fourth-order valence-electron chi connectivity index (χ4n) is 3.66. The molecule has 0 bridgehead atoms. The summed E-state index contributed by atoms with van der Waals surface area (Å²) in [5.41, 5.74) is 0. The molecule has 4 heterocycles. The van der Waals surface area contributed by atoms with E-state index in [9.17, 15) is 9.90 Å². The monoisotopic (exact) mass is 390 g/mol. The van der Waals surface area contributed by atoms with Crippen LogP contribution in [0.1, 0.15) is 41.1 Å². The summed E-state index contributed by atoms with van der Waals surface area (Å²) < 4.78 is 12.3. The largest absolute Gasteiger partial charge is 0.492 e. The van der Waals surface area contributed by atoms with Gasteiger partial charge in [-0.3, -0.25) is 9.69 Å². The highest BCUT2D eigenvalue weighted by molar-refractivity contribution is 7.17. The molecule has 1 N–H and O–H groups in total. The van der Waals surface area contributed by atoms with Crippen molar-refractivity contribution in [3.8, 4) is 5.88 Å². The van der Waals surface area contributed by atoms with Gasteiger partial charge in [0.2, 0.25) is 10.8 Å². The Bertz CT molecular complexity index is 967. The number of piperidine rings is 1. The van der Waals surface area contributed by atoms with E-state index in [1.807, 2.05) is 19.1 Å². The number of likely N-dealkylation sites (tertiary alicyclic amines) is 1. The summed E-state index contributed by atoms with van der Waals surface area (Å²) in [5.74, 6) is 2.05. The lowest BCUT2D eigenvalue weighted by atomic mass is 9.95. The first-order valence-corrected chi connectivity index (χ1v) is 9.72. The molecular formula is C18H22N4O4S. The van der Waals surface area contributed by atoms with Gasteiger partial charge in [-0.05, 0) is 38.8 Å². The first-order chi connectivity index (χ1) is 13.0. The van der Waals surface area contributed by atoms with Crippen LogP contribution in [0.15, 0.2) is 16.5 Å². The molecule has 0 amide bonds. The lowest BCUT2D eigenvalue weighted by Crippen LogP contribution is -2.39. The summed E-state index contributed by atoms with van der Waals surface area (Å²) in [5, 5.41) is 15.0. The third-order valence-corrected chi connectivity index (χ3v) is 6.09. The first-order valence-electron chi connectivity index (χ1n) is 8.91. The zero-order chi connectivity index (χ0) is 19.1. The normalized spacial score (nSPS) is 17.4. The van der Waals surface area contributed by atoms with Crippen LogP contribution in [-0.4, -0.2) is 50.8 Å². The molecule has 144 valence electrons. The minimum atomic E-state index is -0.244. The molecule has 9 heteroatoms. The average Bonchev–Trinajstić information content (AvgIpc) is 3.32. The minimum Gasteiger partial charge on any atom is -0.492 e. The van der Waals surface area contributed by atoms with Gasteiger partial charge in [-0.1, -0.05) is 11.3 Å². The van der Waals surface area contributed by atoms with Crippen LogP contribution in [0.2, 0.25) is 0 Å². The molecule has 3 aromatic rings. The van der Waals surface area contributed by atoms with Crippen molar-refractivity contribution in [2.45, 2.75) is 32.7 Å². The topological polar surface area (TPSA) is 93.1 Å². The molecule has 27 heavy (non-hydrogen) atoms. The zero-order valence-electron chi connectivity index (χ0n) is 15.5. The molecule has 0 aliphatic carbocycles. The van der Waals surface area contributed by atoms with Gasteiger partial charge in [-0.15, -0.1) is 5.10 Å². The van der Waals surface area contributed by atoms with Gasteiger partial charge in [0.15, 0.2) is 0 Å². The molecule has 1 fully saturated rings. The number of methoxy groups -OCH3 is 1. The molecule has 0 radical (unpaired) electrons. The van der Waals surface area contributed by atoms with Crippen molar-refractivity contribution >= 4 is 22.3 Å². The van der Waals surface area contributed by atoms with Gasteiger partial charge in [-0.2, -0.15) is 4.52 Å². The summed E-state index contributed by atoms with van der Waals surface area (Å²) in [7, 11) is 1.43. The standard InChI is InChI=1S/C18H22N4O4S/c1-10-4-5-13(26-10)14(21-8-6-12(7-9-21)17(24)25-3)15-16(23)22-18(27-15)19-11(2)20-22/h4-5,12,14,23H,6-9H2,1-3H3/t14-/m0/s1. The molecule has 1 aliphatic heterocycles. The van der Waals surface area contributed by atoms with E-state index in [1.165, 1.54) is 23.0 Å². The first kappa shape index (κ1) is 18.0. The van der Waals surface area contributed by atoms with E-state index in [2.05, 4.69) is 15.0 Å². The van der Waals surface area contributed by atoms with Crippen molar-refractivity contribution in [2.24, 2.45) is 5.92 Å². The fraction of sp³-hybridized carbons (Fsp3) is 0.500. The molecule has 0 unspecified atom stereocenters. The lowest BCUT2D eigenvalue weighted by Gasteiger charge is -2.35. The number of esters is 1. The van der Waals surface area contributed by atoms with Gasteiger partial charge in [-0.25, -0.2) is 4.98 Å². The van der Waals surface area contributed by atoms with Gasteiger partial charge in [0, 0.05) is 13.1 Å². The van der Waals surface area contributed by atoms with Gasteiger partial charge < -0.3 is 14.3 Å². The molecule has 1 saturated heterocycles. The molecule has 0 spiro atoms. The second-order valence-corrected chi connectivity index (χ2v) is 7.84. The quantitative estimate of drug-likeness (QED) is 0.685. The number of hydrogen-bond acceptors (Lipinski definition) is 8. The lowest BCUT2D eigenvalue weighted by molar-refractivity contribution is -0.147.